The van der Waals surface area contributed by atoms with Gasteiger partial charge in [0.2, 0.25) is 5.76 Å². The molecule has 0 spiro atoms. The number of hydrogen-bond acceptors (Lipinski definition) is 4. The van der Waals surface area contributed by atoms with Gasteiger partial charge in [-0.25, -0.2) is 4.79 Å². The van der Waals surface area contributed by atoms with Gasteiger partial charge in [0.15, 0.2) is 0 Å². The third-order valence-corrected chi connectivity index (χ3v) is 1.90. The number of halogens is 1. The predicted molar refractivity (Wildman–Crippen MR) is 46.1 cm³/mol. The van der Waals surface area contributed by atoms with Crippen molar-refractivity contribution in [2.75, 3.05) is 6.54 Å². The molecule has 1 aromatic rings. The maximum atomic E-state index is 10.6. The molecule has 1 aliphatic rings. The van der Waals surface area contributed by atoms with Crippen molar-refractivity contribution in [1.29, 1.82) is 0 Å². The zero-order valence-electron chi connectivity index (χ0n) is 6.74. The van der Waals surface area contributed by atoms with Crippen molar-refractivity contribution in [2.45, 2.75) is 13.0 Å². The maximum Gasteiger partial charge on any atom is 0.375 e. The number of aromatic carboxylic acids is 1. The molecule has 0 unspecified atom stereocenters. The number of nitrogens with zero attached hydrogens (tertiary/aromatic N) is 1. The number of hydrogen-bond donors (Lipinski definition) is 2. The fourth-order valence-electron chi connectivity index (χ4n) is 1.31. The van der Waals surface area contributed by atoms with Crippen LogP contribution in [0.2, 0.25) is 0 Å². The minimum atomic E-state index is -1.05. The number of carbonyl (C=O) groups is 1. The first-order valence-electron chi connectivity index (χ1n) is 3.70. The van der Waals surface area contributed by atoms with Crippen molar-refractivity contribution in [2.24, 2.45) is 0 Å². The van der Waals surface area contributed by atoms with Crippen LogP contribution in [0.1, 0.15) is 21.8 Å². The van der Waals surface area contributed by atoms with Crippen LogP contribution in [0.15, 0.2) is 4.52 Å². The molecule has 0 saturated heterocycles. The number of carboxylic acid groups (broad SMARTS) is 1. The highest BCUT2D eigenvalue weighted by Crippen LogP contribution is 2.17. The van der Waals surface area contributed by atoms with Gasteiger partial charge in [-0.2, -0.15) is 0 Å². The Morgan fingerprint density at radius 1 is 1.62 bits per heavy atom. The lowest BCUT2D eigenvalue weighted by Crippen LogP contribution is -2.24. The second kappa shape index (κ2) is 3.76. The van der Waals surface area contributed by atoms with E-state index in [1.807, 2.05) is 0 Å². The van der Waals surface area contributed by atoms with Crippen molar-refractivity contribution in [3.05, 3.63) is 17.0 Å². The minimum Gasteiger partial charge on any atom is -0.475 e. The summed E-state index contributed by atoms with van der Waals surface area (Å²) in [5.74, 6) is -1.08. The fraction of sp³-hybridized carbons (Fsp3) is 0.429. The molecular weight excluding hydrogens is 196 g/mol. The monoisotopic (exact) mass is 204 g/mol. The van der Waals surface area contributed by atoms with Crippen LogP contribution < -0.4 is 5.32 Å². The normalized spacial score (nSPS) is 14.5. The van der Waals surface area contributed by atoms with E-state index in [0.717, 1.165) is 18.7 Å². The fourth-order valence-corrected chi connectivity index (χ4v) is 1.31. The summed E-state index contributed by atoms with van der Waals surface area (Å²) >= 11 is 0. The molecule has 72 valence electrons. The van der Waals surface area contributed by atoms with Crippen LogP contribution in [0.25, 0.3) is 0 Å². The van der Waals surface area contributed by atoms with Gasteiger partial charge in [0.05, 0.1) is 5.69 Å². The molecule has 0 radical (unpaired) electrons. The summed E-state index contributed by atoms with van der Waals surface area (Å²) in [5, 5.41) is 15.4. The lowest BCUT2D eigenvalue weighted by atomic mass is 10.1. The number of nitrogens with one attached hydrogen (secondary N) is 1. The van der Waals surface area contributed by atoms with E-state index in [4.69, 9.17) is 5.11 Å². The summed E-state index contributed by atoms with van der Waals surface area (Å²) in [6.45, 7) is 1.37. The van der Waals surface area contributed by atoms with Gasteiger partial charge in [-0.15, -0.1) is 12.4 Å². The van der Waals surface area contributed by atoms with E-state index in [-0.39, 0.29) is 18.2 Å². The smallest absolute Gasteiger partial charge is 0.375 e. The molecule has 0 aliphatic carbocycles. The first kappa shape index (κ1) is 10.0. The van der Waals surface area contributed by atoms with Crippen molar-refractivity contribution in [1.82, 2.24) is 10.5 Å². The van der Waals surface area contributed by atoms with E-state index in [9.17, 15) is 4.79 Å². The van der Waals surface area contributed by atoms with Crippen LogP contribution in [0, 0.1) is 0 Å². The van der Waals surface area contributed by atoms with Gasteiger partial charge < -0.3 is 14.9 Å². The summed E-state index contributed by atoms with van der Waals surface area (Å²) < 4.78 is 4.69. The second-order valence-corrected chi connectivity index (χ2v) is 2.67. The molecular formula is C7H9ClN2O3. The Labute approximate surface area is 80.5 Å². The molecule has 2 heterocycles. The first-order valence-corrected chi connectivity index (χ1v) is 3.70. The third kappa shape index (κ3) is 1.66. The predicted octanol–water partition coefficient (Wildman–Crippen LogP) is 0.440. The van der Waals surface area contributed by atoms with Crippen LogP contribution in [0.5, 0.6) is 0 Å². The maximum absolute atomic E-state index is 10.6. The Morgan fingerprint density at radius 2 is 2.38 bits per heavy atom. The van der Waals surface area contributed by atoms with Crippen molar-refractivity contribution >= 4 is 18.4 Å². The molecule has 2 rings (SSSR count). The quantitative estimate of drug-likeness (QED) is 0.694. The standard InChI is InChI=1S/C7H8N2O3.ClH/c10-7(11)6-4-3-8-2-1-5(4)9-12-6;/h8H,1-3H2,(H,10,11);1H. The molecule has 1 aliphatic heterocycles. The molecule has 0 amide bonds. The number of carboxylic acids is 1. The molecule has 6 heteroatoms. The Kier molecular flexibility index (Phi) is 2.90. The summed E-state index contributed by atoms with van der Waals surface area (Å²) in [7, 11) is 0. The molecule has 0 aromatic carbocycles. The van der Waals surface area contributed by atoms with Crippen LogP contribution in [0.3, 0.4) is 0 Å². The molecule has 13 heavy (non-hydrogen) atoms. The summed E-state index contributed by atoms with van der Waals surface area (Å²) in [6, 6.07) is 0. The average molecular weight is 205 g/mol. The van der Waals surface area contributed by atoms with E-state index < -0.39 is 5.97 Å². The Hall–Kier alpha value is -1.07. The molecule has 5 nitrogen and oxygen atoms in total. The lowest BCUT2D eigenvalue weighted by molar-refractivity contribution is 0.0650. The van der Waals surface area contributed by atoms with Crippen molar-refractivity contribution in [3.63, 3.8) is 0 Å². The molecule has 0 atom stereocenters. The number of aromatic nitrogens is 1. The summed E-state index contributed by atoms with van der Waals surface area (Å²) in [4.78, 5) is 10.6. The average Bonchev–Trinajstić information content (AvgIpc) is 2.47. The molecule has 2 N–H and O–H groups in total. The van der Waals surface area contributed by atoms with E-state index in [1.54, 1.807) is 0 Å². The van der Waals surface area contributed by atoms with Crippen molar-refractivity contribution < 1.29 is 14.4 Å². The second-order valence-electron chi connectivity index (χ2n) is 2.67. The highest BCUT2D eigenvalue weighted by atomic mass is 35.5. The Balaban J connectivity index is 0.000000845. The molecule has 0 fully saturated rings. The molecule has 0 saturated carbocycles. The highest BCUT2D eigenvalue weighted by Gasteiger charge is 2.23. The van der Waals surface area contributed by atoms with Crippen LogP contribution in [-0.4, -0.2) is 22.8 Å². The van der Waals surface area contributed by atoms with Crippen LogP contribution >= 0.6 is 12.4 Å². The van der Waals surface area contributed by atoms with Gasteiger partial charge in [0, 0.05) is 25.1 Å². The van der Waals surface area contributed by atoms with Crippen LogP contribution in [-0.2, 0) is 13.0 Å². The van der Waals surface area contributed by atoms with Gasteiger partial charge in [0.25, 0.3) is 0 Å². The van der Waals surface area contributed by atoms with E-state index >= 15 is 0 Å². The highest BCUT2D eigenvalue weighted by molar-refractivity contribution is 5.86. The van der Waals surface area contributed by atoms with Crippen LogP contribution in [0.4, 0.5) is 0 Å². The van der Waals surface area contributed by atoms with Gasteiger partial charge in [0.1, 0.15) is 0 Å². The van der Waals surface area contributed by atoms with Gasteiger partial charge in [-0.3, -0.25) is 0 Å². The van der Waals surface area contributed by atoms with E-state index in [1.165, 1.54) is 0 Å². The summed E-state index contributed by atoms with van der Waals surface area (Å²) in [5.41, 5.74) is 1.46. The Morgan fingerprint density at radius 3 is 3.08 bits per heavy atom. The molecule has 1 aromatic heterocycles. The minimum absolute atomic E-state index is 0. The van der Waals surface area contributed by atoms with Crippen molar-refractivity contribution in [3.8, 4) is 0 Å². The largest absolute Gasteiger partial charge is 0.475 e. The van der Waals surface area contributed by atoms with Gasteiger partial charge in [-0.05, 0) is 0 Å². The topological polar surface area (TPSA) is 75.4 Å². The van der Waals surface area contributed by atoms with Gasteiger partial charge >= 0.3 is 5.97 Å². The third-order valence-electron chi connectivity index (χ3n) is 1.90. The van der Waals surface area contributed by atoms with Gasteiger partial charge in [-0.1, -0.05) is 5.16 Å². The zero-order valence-corrected chi connectivity index (χ0v) is 7.56. The SMILES string of the molecule is Cl.O=C(O)c1onc2c1CNCC2. The van der Waals surface area contributed by atoms with E-state index in [2.05, 4.69) is 15.0 Å². The lowest BCUT2D eigenvalue weighted by Gasteiger charge is -2.09. The van der Waals surface area contributed by atoms with E-state index in [0.29, 0.717) is 12.1 Å². The first-order chi connectivity index (χ1) is 5.79. The Bertz CT molecular complexity index is 324. The zero-order chi connectivity index (χ0) is 8.55. The molecule has 0 bridgehead atoms. The number of fused-ring (bicyclic) bond motifs is 1. The number of rotatable bonds is 1. The summed E-state index contributed by atoms with van der Waals surface area (Å²) in [6.07, 6.45) is 0.742.